The summed E-state index contributed by atoms with van der Waals surface area (Å²) >= 11 is 1.68. The molecule has 0 aliphatic carbocycles. The molecule has 0 aromatic carbocycles. The molecule has 18 heavy (non-hydrogen) atoms. The number of nitrogens with one attached hydrogen (secondary N) is 1. The van der Waals surface area contributed by atoms with E-state index in [4.69, 9.17) is 4.74 Å². The third-order valence-electron chi connectivity index (χ3n) is 3.56. The molecule has 2 atom stereocenters. The zero-order valence-corrected chi connectivity index (χ0v) is 11.0. The molecule has 1 amide bonds. The number of amides is 1. The zero-order valence-electron chi connectivity index (χ0n) is 10.2. The third kappa shape index (κ3) is 2.55. The Kier molecular flexibility index (Phi) is 3.58. The SMILES string of the molecule is O=C1NCCO[C@@H]2CN(Cc3nccs3)CC[C@H]12. The van der Waals surface area contributed by atoms with E-state index in [1.807, 2.05) is 11.6 Å². The number of hydrogen-bond acceptors (Lipinski definition) is 5. The average molecular weight is 267 g/mol. The maximum Gasteiger partial charge on any atom is 0.225 e. The lowest BCUT2D eigenvalue weighted by molar-refractivity contribution is -0.130. The van der Waals surface area contributed by atoms with Gasteiger partial charge in [-0.15, -0.1) is 11.3 Å². The van der Waals surface area contributed by atoms with Gasteiger partial charge in [0.05, 0.1) is 25.2 Å². The molecule has 0 saturated carbocycles. The Morgan fingerprint density at radius 3 is 3.39 bits per heavy atom. The normalized spacial score (nSPS) is 29.4. The van der Waals surface area contributed by atoms with Crippen LogP contribution in [0.15, 0.2) is 11.6 Å². The van der Waals surface area contributed by atoms with Crippen molar-refractivity contribution in [2.75, 3.05) is 26.2 Å². The molecular weight excluding hydrogens is 250 g/mol. The Hall–Kier alpha value is -0.980. The predicted octanol–water partition coefficient (Wildman–Crippen LogP) is 0.480. The van der Waals surface area contributed by atoms with E-state index in [9.17, 15) is 4.79 Å². The van der Waals surface area contributed by atoms with Crippen molar-refractivity contribution in [2.45, 2.75) is 19.1 Å². The molecule has 2 saturated heterocycles. The molecule has 2 aliphatic rings. The average Bonchev–Trinajstić information content (AvgIpc) is 2.80. The lowest BCUT2D eigenvalue weighted by Crippen LogP contribution is -2.48. The Balaban J connectivity index is 1.63. The standard InChI is InChI=1S/C12H17N3O2S/c16-12-9-1-4-15(8-11-13-3-6-18-11)7-10(9)17-5-2-14-12/h3,6,9-10H,1-2,4-5,7-8H2,(H,14,16)/t9-,10+/m0/s1. The number of carbonyl (C=O) groups excluding carboxylic acids is 1. The molecule has 0 radical (unpaired) electrons. The van der Waals surface area contributed by atoms with Crippen LogP contribution in [0.2, 0.25) is 0 Å². The molecule has 1 aromatic rings. The molecule has 98 valence electrons. The summed E-state index contributed by atoms with van der Waals surface area (Å²) in [5, 5.41) is 6.04. The van der Waals surface area contributed by atoms with Crippen molar-refractivity contribution < 1.29 is 9.53 Å². The van der Waals surface area contributed by atoms with E-state index in [0.29, 0.717) is 13.2 Å². The van der Waals surface area contributed by atoms with Gasteiger partial charge in [-0.3, -0.25) is 9.69 Å². The largest absolute Gasteiger partial charge is 0.374 e. The Morgan fingerprint density at radius 1 is 1.61 bits per heavy atom. The van der Waals surface area contributed by atoms with Gasteiger partial charge in [0.25, 0.3) is 0 Å². The van der Waals surface area contributed by atoms with Gasteiger partial charge in [-0.1, -0.05) is 0 Å². The minimum Gasteiger partial charge on any atom is -0.374 e. The summed E-state index contributed by atoms with van der Waals surface area (Å²) in [6.45, 7) is 3.90. The third-order valence-corrected chi connectivity index (χ3v) is 4.32. The van der Waals surface area contributed by atoms with E-state index < -0.39 is 0 Å². The number of thiazole rings is 1. The van der Waals surface area contributed by atoms with Gasteiger partial charge in [0.15, 0.2) is 0 Å². The van der Waals surface area contributed by atoms with Gasteiger partial charge in [-0.2, -0.15) is 0 Å². The summed E-state index contributed by atoms with van der Waals surface area (Å²) < 4.78 is 5.78. The van der Waals surface area contributed by atoms with Crippen molar-refractivity contribution in [3.05, 3.63) is 16.6 Å². The van der Waals surface area contributed by atoms with E-state index in [0.717, 1.165) is 31.1 Å². The number of piperidine rings is 1. The molecule has 2 aliphatic heterocycles. The van der Waals surface area contributed by atoms with Crippen molar-refractivity contribution in [1.29, 1.82) is 0 Å². The first-order valence-corrected chi connectivity index (χ1v) is 7.21. The van der Waals surface area contributed by atoms with Crippen molar-refractivity contribution in [3.63, 3.8) is 0 Å². The van der Waals surface area contributed by atoms with Crippen LogP contribution in [-0.4, -0.2) is 48.1 Å². The van der Waals surface area contributed by atoms with Crippen LogP contribution in [-0.2, 0) is 16.1 Å². The Morgan fingerprint density at radius 2 is 2.56 bits per heavy atom. The second-order valence-electron chi connectivity index (χ2n) is 4.76. The molecule has 3 heterocycles. The topological polar surface area (TPSA) is 54.5 Å². The van der Waals surface area contributed by atoms with E-state index in [1.54, 1.807) is 11.3 Å². The van der Waals surface area contributed by atoms with Gasteiger partial charge in [0.1, 0.15) is 5.01 Å². The van der Waals surface area contributed by atoms with Crippen LogP contribution in [0.5, 0.6) is 0 Å². The van der Waals surface area contributed by atoms with Gasteiger partial charge in [-0.25, -0.2) is 4.98 Å². The molecule has 5 nitrogen and oxygen atoms in total. The summed E-state index contributed by atoms with van der Waals surface area (Å²) in [4.78, 5) is 18.5. The Labute approximate surface area is 110 Å². The highest BCUT2D eigenvalue weighted by Gasteiger charge is 2.36. The molecule has 1 N–H and O–H groups in total. The van der Waals surface area contributed by atoms with Crippen LogP contribution >= 0.6 is 11.3 Å². The first-order chi connectivity index (χ1) is 8.83. The molecular formula is C12H17N3O2S. The van der Waals surface area contributed by atoms with Crippen LogP contribution in [0.4, 0.5) is 0 Å². The van der Waals surface area contributed by atoms with Crippen LogP contribution in [0.1, 0.15) is 11.4 Å². The van der Waals surface area contributed by atoms with E-state index in [1.165, 1.54) is 0 Å². The van der Waals surface area contributed by atoms with E-state index >= 15 is 0 Å². The number of hydrogen-bond donors (Lipinski definition) is 1. The molecule has 2 fully saturated rings. The second kappa shape index (κ2) is 5.34. The maximum atomic E-state index is 11.9. The van der Waals surface area contributed by atoms with Crippen LogP contribution < -0.4 is 5.32 Å². The number of aromatic nitrogens is 1. The zero-order chi connectivity index (χ0) is 12.4. The number of likely N-dealkylation sites (tertiary alicyclic amines) is 1. The summed E-state index contributed by atoms with van der Waals surface area (Å²) in [5.41, 5.74) is 0. The Bertz CT molecular complexity index is 409. The number of fused-ring (bicyclic) bond motifs is 1. The minimum absolute atomic E-state index is 0.0278. The van der Waals surface area contributed by atoms with Crippen molar-refractivity contribution in [1.82, 2.24) is 15.2 Å². The minimum atomic E-state index is 0.0278. The van der Waals surface area contributed by atoms with Gasteiger partial charge < -0.3 is 10.1 Å². The summed E-state index contributed by atoms with van der Waals surface area (Å²) in [7, 11) is 0. The van der Waals surface area contributed by atoms with Gasteiger partial charge in [0.2, 0.25) is 5.91 Å². The van der Waals surface area contributed by atoms with Crippen molar-refractivity contribution >= 4 is 17.2 Å². The van der Waals surface area contributed by atoms with Crippen LogP contribution in [0.25, 0.3) is 0 Å². The quantitative estimate of drug-likeness (QED) is 0.847. The first kappa shape index (κ1) is 12.1. The summed E-state index contributed by atoms with van der Waals surface area (Å²) in [5.74, 6) is 0.187. The fourth-order valence-corrected chi connectivity index (χ4v) is 3.29. The highest BCUT2D eigenvalue weighted by molar-refractivity contribution is 7.09. The maximum absolute atomic E-state index is 11.9. The monoisotopic (exact) mass is 267 g/mol. The lowest BCUT2D eigenvalue weighted by atomic mass is 9.93. The smallest absolute Gasteiger partial charge is 0.225 e. The van der Waals surface area contributed by atoms with Gasteiger partial charge >= 0.3 is 0 Å². The predicted molar refractivity (Wildman–Crippen MR) is 68.2 cm³/mol. The summed E-state index contributed by atoms with van der Waals surface area (Å²) in [6.07, 6.45) is 2.76. The second-order valence-corrected chi connectivity index (χ2v) is 5.74. The fourth-order valence-electron chi connectivity index (χ4n) is 2.63. The highest BCUT2D eigenvalue weighted by Crippen LogP contribution is 2.23. The lowest BCUT2D eigenvalue weighted by Gasteiger charge is -2.35. The summed E-state index contributed by atoms with van der Waals surface area (Å²) in [6, 6.07) is 0. The number of nitrogens with zero attached hydrogens (tertiary/aromatic N) is 2. The number of carbonyl (C=O) groups is 1. The van der Waals surface area contributed by atoms with Crippen LogP contribution in [0.3, 0.4) is 0 Å². The van der Waals surface area contributed by atoms with E-state index in [2.05, 4.69) is 15.2 Å². The molecule has 3 rings (SSSR count). The van der Waals surface area contributed by atoms with E-state index in [-0.39, 0.29) is 17.9 Å². The van der Waals surface area contributed by atoms with Gasteiger partial charge in [0, 0.05) is 24.7 Å². The molecule has 0 spiro atoms. The first-order valence-electron chi connectivity index (χ1n) is 6.33. The fraction of sp³-hybridized carbons (Fsp3) is 0.667. The molecule has 6 heteroatoms. The number of ether oxygens (including phenoxy) is 1. The molecule has 1 aromatic heterocycles. The number of rotatable bonds is 2. The van der Waals surface area contributed by atoms with Crippen molar-refractivity contribution in [2.24, 2.45) is 5.92 Å². The van der Waals surface area contributed by atoms with Crippen LogP contribution in [0, 0.1) is 5.92 Å². The molecule has 0 bridgehead atoms. The van der Waals surface area contributed by atoms with Gasteiger partial charge in [-0.05, 0) is 13.0 Å². The molecule has 0 unspecified atom stereocenters. The highest BCUT2D eigenvalue weighted by atomic mass is 32.1. The van der Waals surface area contributed by atoms with Crippen molar-refractivity contribution in [3.8, 4) is 0 Å².